The van der Waals surface area contributed by atoms with Crippen molar-refractivity contribution in [3.8, 4) is 6.07 Å². The minimum absolute atomic E-state index is 0.296. The number of nitrogens with two attached hydrogens (primary N) is 1. The van der Waals surface area contributed by atoms with Crippen molar-refractivity contribution in [2.24, 2.45) is 5.92 Å². The van der Waals surface area contributed by atoms with E-state index in [9.17, 15) is 0 Å². The number of hydrogen-bond acceptors (Lipinski definition) is 4. The number of aromatic nitrogens is 1. The van der Waals surface area contributed by atoms with Crippen LogP contribution < -0.4 is 5.73 Å². The Morgan fingerprint density at radius 2 is 2.26 bits per heavy atom. The fourth-order valence-corrected chi connectivity index (χ4v) is 3.59. The van der Waals surface area contributed by atoms with Crippen molar-refractivity contribution in [2.75, 3.05) is 5.73 Å². The molecule has 1 unspecified atom stereocenters. The molecule has 0 spiro atoms. The maximum atomic E-state index is 8.93. The monoisotopic (exact) mass is 269 g/mol. The number of anilines is 1. The van der Waals surface area contributed by atoms with Crippen molar-refractivity contribution >= 4 is 17.0 Å². The molecule has 3 nitrogen and oxygen atoms in total. The molecule has 1 heterocycles. The van der Waals surface area contributed by atoms with E-state index in [1.54, 1.807) is 11.3 Å². The Labute approximate surface area is 116 Å². The molecule has 3 rings (SSSR count). The van der Waals surface area contributed by atoms with Crippen molar-refractivity contribution < 1.29 is 0 Å². The Hall–Kier alpha value is -1.86. The molecule has 0 aliphatic heterocycles. The summed E-state index contributed by atoms with van der Waals surface area (Å²) in [7, 11) is 0. The van der Waals surface area contributed by atoms with Gasteiger partial charge in [-0.25, -0.2) is 4.98 Å². The van der Waals surface area contributed by atoms with Gasteiger partial charge in [-0.15, -0.1) is 11.3 Å². The summed E-state index contributed by atoms with van der Waals surface area (Å²) < 4.78 is 0. The molecule has 96 valence electrons. The second kappa shape index (κ2) is 5.02. The van der Waals surface area contributed by atoms with Gasteiger partial charge in [0, 0.05) is 17.0 Å². The summed E-state index contributed by atoms with van der Waals surface area (Å²) in [5.41, 5.74) is 8.43. The molecule has 1 aromatic heterocycles. The summed E-state index contributed by atoms with van der Waals surface area (Å²) in [6.45, 7) is 0. The van der Waals surface area contributed by atoms with E-state index in [-0.39, 0.29) is 0 Å². The van der Waals surface area contributed by atoms with Crippen molar-refractivity contribution in [3.05, 3.63) is 45.9 Å². The zero-order valence-electron chi connectivity index (χ0n) is 10.5. The van der Waals surface area contributed by atoms with Gasteiger partial charge in [-0.05, 0) is 36.5 Å². The first-order chi connectivity index (χ1) is 9.28. The highest BCUT2D eigenvalue weighted by atomic mass is 32.1. The topological polar surface area (TPSA) is 62.7 Å². The molecular weight excluding hydrogens is 254 g/mol. The van der Waals surface area contributed by atoms with Crippen LogP contribution in [0.4, 0.5) is 5.69 Å². The maximum absolute atomic E-state index is 8.93. The lowest BCUT2D eigenvalue weighted by Gasteiger charge is -2.33. The summed E-state index contributed by atoms with van der Waals surface area (Å²) in [6.07, 6.45) is 3.77. The van der Waals surface area contributed by atoms with Crippen LogP contribution >= 0.6 is 11.3 Å². The fourth-order valence-electron chi connectivity index (χ4n) is 2.62. The van der Waals surface area contributed by atoms with Crippen LogP contribution in [0, 0.1) is 17.2 Å². The normalized spacial score (nSPS) is 16.6. The number of hydrogen-bond donors (Lipinski definition) is 1. The first-order valence-corrected chi connectivity index (χ1v) is 7.37. The minimum atomic E-state index is 0.296. The molecule has 1 atom stereocenters. The summed E-state index contributed by atoms with van der Waals surface area (Å²) in [5, 5.41) is 11.8. The van der Waals surface area contributed by atoms with E-state index in [1.807, 2.05) is 23.6 Å². The molecular formula is C15H15N3S. The predicted octanol–water partition coefficient (Wildman–Crippen LogP) is 3.53. The second-order valence-corrected chi connectivity index (χ2v) is 5.91. The van der Waals surface area contributed by atoms with E-state index >= 15 is 0 Å². The number of nitriles is 1. The van der Waals surface area contributed by atoms with Crippen LogP contribution in [0.15, 0.2) is 29.6 Å². The molecule has 1 saturated carbocycles. The third-order valence-corrected chi connectivity index (χ3v) is 4.72. The molecule has 1 aliphatic carbocycles. The lowest BCUT2D eigenvalue weighted by molar-refractivity contribution is 0.283. The van der Waals surface area contributed by atoms with Gasteiger partial charge in [-0.3, -0.25) is 0 Å². The lowest BCUT2D eigenvalue weighted by Crippen LogP contribution is -2.21. The predicted molar refractivity (Wildman–Crippen MR) is 76.9 cm³/mol. The number of benzene rings is 1. The van der Waals surface area contributed by atoms with Gasteiger partial charge in [0.05, 0.1) is 0 Å². The fraction of sp³-hybridized carbons (Fsp3) is 0.333. The van der Waals surface area contributed by atoms with E-state index < -0.39 is 0 Å². The quantitative estimate of drug-likeness (QED) is 0.867. The minimum Gasteiger partial charge on any atom is -0.399 e. The smallest absolute Gasteiger partial charge is 0.151 e. The molecule has 1 aromatic carbocycles. The largest absolute Gasteiger partial charge is 0.399 e. The second-order valence-electron chi connectivity index (χ2n) is 5.02. The van der Waals surface area contributed by atoms with E-state index in [0.29, 0.717) is 17.5 Å². The third kappa shape index (κ3) is 2.34. The van der Waals surface area contributed by atoms with Crippen molar-refractivity contribution in [1.29, 1.82) is 5.26 Å². The standard InChI is InChI=1S/C15H15N3S/c16-8-13-9-19-15(18-13)14(10-3-1-4-10)11-5-2-6-12(17)7-11/h2,5-7,9-10,14H,1,3-4,17H2. The Kier molecular flexibility index (Phi) is 3.22. The first kappa shape index (κ1) is 12.2. The molecule has 0 saturated heterocycles. The van der Waals surface area contributed by atoms with E-state index in [2.05, 4.69) is 17.1 Å². The van der Waals surface area contributed by atoms with Gasteiger partial charge in [0.2, 0.25) is 0 Å². The van der Waals surface area contributed by atoms with Gasteiger partial charge in [-0.2, -0.15) is 5.26 Å². The highest BCUT2D eigenvalue weighted by Crippen LogP contribution is 2.44. The summed E-state index contributed by atoms with van der Waals surface area (Å²) in [5.74, 6) is 0.934. The van der Waals surface area contributed by atoms with E-state index in [1.165, 1.54) is 24.8 Å². The first-order valence-electron chi connectivity index (χ1n) is 6.49. The van der Waals surface area contributed by atoms with Gasteiger partial charge in [0.25, 0.3) is 0 Å². The van der Waals surface area contributed by atoms with E-state index in [4.69, 9.17) is 11.0 Å². The lowest BCUT2D eigenvalue weighted by atomic mass is 9.73. The molecule has 4 heteroatoms. The Bertz CT molecular complexity index is 622. The van der Waals surface area contributed by atoms with Gasteiger partial charge >= 0.3 is 0 Å². The van der Waals surface area contributed by atoms with Crippen LogP contribution in [0.1, 0.15) is 41.4 Å². The molecule has 2 N–H and O–H groups in total. The Balaban J connectivity index is 2.00. The van der Waals surface area contributed by atoms with Crippen LogP contribution in [-0.2, 0) is 0 Å². The summed E-state index contributed by atoms with van der Waals surface area (Å²) in [4.78, 5) is 4.45. The van der Waals surface area contributed by atoms with Crippen LogP contribution in [-0.4, -0.2) is 4.98 Å². The third-order valence-electron chi connectivity index (χ3n) is 3.79. The van der Waals surface area contributed by atoms with Gasteiger partial charge < -0.3 is 5.73 Å². The molecule has 1 fully saturated rings. The molecule has 0 amide bonds. The highest BCUT2D eigenvalue weighted by molar-refractivity contribution is 7.09. The molecule has 0 bridgehead atoms. The van der Waals surface area contributed by atoms with Crippen LogP contribution in [0.25, 0.3) is 0 Å². The Morgan fingerprint density at radius 3 is 2.84 bits per heavy atom. The van der Waals surface area contributed by atoms with Crippen molar-refractivity contribution in [2.45, 2.75) is 25.2 Å². The van der Waals surface area contributed by atoms with Crippen LogP contribution in [0.5, 0.6) is 0 Å². The average molecular weight is 269 g/mol. The van der Waals surface area contributed by atoms with Crippen molar-refractivity contribution in [1.82, 2.24) is 4.98 Å². The number of nitrogens with zero attached hydrogens (tertiary/aromatic N) is 2. The maximum Gasteiger partial charge on any atom is 0.151 e. The van der Waals surface area contributed by atoms with Crippen LogP contribution in [0.2, 0.25) is 0 Å². The van der Waals surface area contributed by atoms with Crippen molar-refractivity contribution in [3.63, 3.8) is 0 Å². The average Bonchev–Trinajstić information content (AvgIpc) is 2.81. The SMILES string of the molecule is N#Cc1csc(C(c2cccc(N)c2)C2CCC2)n1. The number of thiazole rings is 1. The molecule has 19 heavy (non-hydrogen) atoms. The number of nitrogen functional groups attached to an aromatic ring is 1. The highest BCUT2D eigenvalue weighted by Gasteiger charge is 2.31. The van der Waals surface area contributed by atoms with Gasteiger partial charge in [0.15, 0.2) is 5.69 Å². The Morgan fingerprint density at radius 1 is 1.42 bits per heavy atom. The van der Waals surface area contributed by atoms with E-state index in [0.717, 1.165) is 10.7 Å². The van der Waals surface area contributed by atoms with Crippen LogP contribution in [0.3, 0.4) is 0 Å². The van der Waals surface area contributed by atoms with Gasteiger partial charge in [-0.1, -0.05) is 18.6 Å². The number of rotatable bonds is 3. The van der Waals surface area contributed by atoms with Gasteiger partial charge in [0.1, 0.15) is 11.1 Å². The molecule has 0 radical (unpaired) electrons. The summed E-state index contributed by atoms with van der Waals surface area (Å²) >= 11 is 1.59. The zero-order valence-corrected chi connectivity index (χ0v) is 11.4. The zero-order chi connectivity index (χ0) is 13.2. The molecule has 1 aliphatic rings. The molecule has 2 aromatic rings. The summed E-state index contributed by atoms with van der Waals surface area (Å²) in [6, 6.07) is 10.2.